The third kappa shape index (κ3) is 1.83. The minimum atomic E-state index is 1.17. The molecule has 2 heteroatoms. The first-order chi connectivity index (χ1) is 9.93. The lowest BCUT2D eigenvalue weighted by Crippen LogP contribution is -2.34. The van der Waals surface area contributed by atoms with Crippen molar-refractivity contribution in [3.63, 3.8) is 0 Å². The van der Waals surface area contributed by atoms with Gasteiger partial charge < -0.3 is 0 Å². The van der Waals surface area contributed by atoms with Gasteiger partial charge in [0.25, 0.3) is 5.82 Å². The predicted octanol–water partition coefficient (Wildman–Crippen LogP) is 3.80. The Morgan fingerprint density at radius 2 is 1.35 bits per heavy atom. The van der Waals surface area contributed by atoms with Gasteiger partial charge in [0.15, 0.2) is 0 Å². The third-order valence-electron chi connectivity index (χ3n) is 4.32. The number of piperidine rings is 1. The minimum absolute atomic E-state index is 1.17. The number of nitrogens with one attached hydrogen (secondary N) is 1. The van der Waals surface area contributed by atoms with Gasteiger partial charge in [-0.3, -0.25) is 4.90 Å². The summed E-state index contributed by atoms with van der Waals surface area (Å²) >= 11 is 0. The number of H-pyrrole nitrogens is 1. The molecule has 0 amide bonds. The normalized spacial score (nSPS) is 15.9. The molecule has 1 fully saturated rings. The van der Waals surface area contributed by atoms with E-state index in [1.54, 1.807) is 0 Å². The molecule has 1 N–H and O–H groups in total. The van der Waals surface area contributed by atoms with Crippen molar-refractivity contribution in [1.29, 1.82) is 0 Å². The van der Waals surface area contributed by atoms with Gasteiger partial charge in [-0.25, -0.2) is 4.98 Å². The maximum absolute atomic E-state index is 3.67. The molecule has 0 bridgehead atoms. The van der Waals surface area contributed by atoms with Gasteiger partial charge in [0.05, 0.1) is 18.5 Å². The monoisotopic (exact) mass is 263 g/mol. The molecule has 1 aliphatic rings. The van der Waals surface area contributed by atoms with E-state index >= 15 is 0 Å². The smallest absolute Gasteiger partial charge is 0.261 e. The summed E-state index contributed by atoms with van der Waals surface area (Å²) in [4.78, 5) is 6.18. The lowest BCUT2D eigenvalue weighted by molar-refractivity contribution is -0.329. The topological polar surface area (TPSA) is 17.4 Å². The Hall–Kier alpha value is -2.09. The summed E-state index contributed by atoms with van der Waals surface area (Å²) in [6.07, 6.45) is 3.96. The van der Waals surface area contributed by atoms with Crippen molar-refractivity contribution in [3.8, 4) is 0 Å². The highest BCUT2D eigenvalue weighted by Crippen LogP contribution is 2.29. The maximum Gasteiger partial charge on any atom is 0.282 e. The highest BCUT2D eigenvalue weighted by Gasteiger charge is 2.22. The fourth-order valence-corrected chi connectivity index (χ4v) is 3.31. The summed E-state index contributed by atoms with van der Waals surface area (Å²) in [5, 5.41) is 4.00. The van der Waals surface area contributed by atoms with Crippen LogP contribution < -0.4 is 9.88 Å². The Bertz CT molecular complexity index is 758. The van der Waals surface area contributed by atoms with Gasteiger partial charge in [0, 0.05) is 10.8 Å². The van der Waals surface area contributed by atoms with Crippen molar-refractivity contribution in [1.82, 2.24) is 0 Å². The molecule has 2 nitrogen and oxygen atoms in total. The highest BCUT2D eigenvalue weighted by molar-refractivity contribution is 6.07. The molecule has 3 aromatic rings. The molecule has 0 spiro atoms. The number of nitrogens with zero attached hydrogens (tertiary/aromatic N) is 1. The number of fused-ring (bicyclic) bond motifs is 3. The summed E-state index contributed by atoms with van der Waals surface area (Å²) in [6.45, 7) is 2.33. The number of para-hydroxylation sites is 1. The lowest BCUT2D eigenvalue weighted by Gasteiger charge is -2.22. The van der Waals surface area contributed by atoms with E-state index in [-0.39, 0.29) is 0 Å². The van der Waals surface area contributed by atoms with Crippen LogP contribution in [0.25, 0.3) is 21.7 Å². The second kappa shape index (κ2) is 4.78. The van der Waals surface area contributed by atoms with Crippen LogP contribution in [0.4, 0.5) is 5.82 Å². The zero-order valence-corrected chi connectivity index (χ0v) is 11.6. The first-order valence-corrected chi connectivity index (χ1v) is 7.51. The first kappa shape index (κ1) is 11.7. The zero-order chi connectivity index (χ0) is 13.4. The van der Waals surface area contributed by atoms with Gasteiger partial charge in [-0.2, -0.15) is 0 Å². The first-order valence-electron chi connectivity index (χ1n) is 7.51. The zero-order valence-electron chi connectivity index (χ0n) is 11.6. The molecular formula is C18H19N2+. The molecule has 1 saturated heterocycles. The van der Waals surface area contributed by atoms with Crippen LogP contribution >= 0.6 is 0 Å². The quantitative estimate of drug-likeness (QED) is 0.610. The van der Waals surface area contributed by atoms with Crippen LogP contribution in [0.5, 0.6) is 0 Å². The van der Waals surface area contributed by atoms with E-state index in [9.17, 15) is 0 Å². The van der Waals surface area contributed by atoms with Crippen molar-refractivity contribution < 1.29 is 4.98 Å². The predicted molar refractivity (Wildman–Crippen MR) is 84.1 cm³/mol. The molecule has 2 aromatic carbocycles. The number of pyridine rings is 1. The summed E-state index contributed by atoms with van der Waals surface area (Å²) in [6, 6.07) is 17.3. The summed E-state index contributed by atoms with van der Waals surface area (Å²) in [7, 11) is 0. The number of hydrogen-bond acceptors (Lipinski definition) is 1. The molecule has 4 rings (SSSR count). The Morgan fingerprint density at radius 1 is 0.700 bits per heavy atom. The fraction of sp³-hybridized carbons (Fsp3) is 0.278. The average molecular weight is 263 g/mol. The van der Waals surface area contributed by atoms with E-state index in [2.05, 4.69) is 58.4 Å². The van der Waals surface area contributed by atoms with Crippen LogP contribution in [0.3, 0.4) is 0 Å². The number of hydrogen-bond donors (Lipinski definition) is 0. The van der Waals surface area contributed by atoms with Gasteiger partial charge in [-0.15, -0.1) is 0 Å². The van der Waals surface area contributed by atoms with Crippen LogP contribution in [0.1, 0.15) is 19.3 Å². The van der Waals surface area contributed by atoms with Gasteiger partial charge in [-0.1, -0.05) is 36.4 Å². The Balaban J connectivity index is 2.02. The number of benzene rings is 2. The molecule has 100 valence electrons. The van der Waals surface area contributed by atoms with Gasteiger partial charge >= 0.3 is 0 Å². The highest BCUT2D eigenvalue weighted by atomic mass is 15.2. The van der Waals surface area contributed by atoms with E-state index in [4.69, 9.17) is 0 Å². The van der Waals surface area contributed by atoms with Crippen molar-refractivity contribution in [3.05, 3.63) is 48.5 Å². The van der Waals surface area contributed by atoms with Crippen LogP contribution in [0.2, 0.25) is 0 Å². The molecule has 0 saturated carbocycles. The molecule has 20 heavy (non-hydrogen) atoms. The van der Waals surface area contributed by atoms with Gasteiger partial charge in [0.1, 0.15) is 5.52 Å². The van der Waals surface area contributed by atoms with Gasteiger partial charge in [0.2, 0.25) is 0 Å². The summed E-state index contributed by atoms with van der Waals surface area (Å²) in [5.41, 5.74) is 1.23. The number of aromatic nitrogens is 1. The maximum atomic E-state index is 3.67. The van der Waals surface area contributed by atoms with Crippen molar-refractivity contribution in [2.75, 3.05) is 18.0 Å². The van der Waals surface area contributed by atoms with Crippen LogP contribution in [-0.2, 0) is 0 Å². The van der Waals surface area contributed by atoms with Crippen molar-refractivity contribution in [2.45, 2.75) is 19.3 Å². The Kier molecular flexibility index (Phi) is 2.80. The molecule has 0 radical (unpaired) electrons. The van der Waals surface area contributed by atoms with E-state index < -0.39 is 0 Å². The molecule has 1 aromatic heterocycles. The largest absolute Gasteiger partial charge is 0.282 e. The van der Waals surface area contributed by atoms with E-state index in [0.29, 0.717) is 0 Å². The van der Waals surface area contributed by atoms with Gasteiger partial charge in [-0.05, 0) is 31.4 Å². The van der Waals surface area contributed by atoms with Crippen molar-refractivity contribution >= 4 is 27.5 Å². The Labute approximate surface area is 119 Å². The average Bonchev–Trinajstić information content (AvgIpc) is 2.55. The minimum Gasteiger partial charge on any atom is -0.261 e. The van der Waals surface area contributed by atoms with E-state index in [1.807, 2.05) is 0 Å². The molecule has 1 aliphatic heterocycles. The second-order valence-corrected chi connectivity index (χ2v) is 5.61. The van der Waals surface area contributed by atoms with E-state index in [0.717, 1.165) is 0 Å². The van der Waals surface area contributed by atoms with Crippen LogP contribution in [0.15, 0.2) is 48.5 Å². The standard InChI is InChI=1S/C18H18N2/c1-6-12-20(13-7-1)18-16-10-3-2-8-14(16)15-9-4-5-11-17(15)19-18/h2-5,8-11H,1,6-7,12-13H2/p+1. The summed E-state index contributed by atoms with van der Waals surface area (Å²) in [5.74, 6) is 1.29. The fourth-order valence-electron chi connectivity index (χ4n) is 3.31. The summed E-state index contributed by atoms with van der Waals surface area (Å²) < 4.78 is 0. The second-order valence-electron chi connectivity index (χ2n) is 5.61. The van der Waals surface area contributed by atoms with Crippen LogP contribution in [0, 0.1) is 0 Å². The number of aromatic amines is 1. The molecular weight excluding hydrogens is 244 g/mol. The van der Waals surface area contributed by atoms with E-state index in [1.165, 1.54) is 59.8 Å². The van der Waals surface area contributed by atoms with Crippen LogP contribution in [-0.4, -0.2) is 13.1 Å². The molecule has 0 aliphatic carbocycles. The third-order valence-corrected chi connectivity index (χ3v) is 4.32. The SMILES string of the molecule is c1ccc2c(c1)[nH+]c(N1CCCCC1)c1ccccc12. The number of anilines is 1. The molecule has 0 unspecified atom stereocenters. The lowest BCUT2D eigenvalue weighted by atomic mass is 10.0. The van der Waals surface area contributed by atoms with Crippen molar-refractivity contribution in [2.24, 2.45) is 0 Å². The molecule has 0 atom stereocenters. The Morgan fingerprint density at radius 3 is 2.15 bits per heavy atom. The number of rotatable bonds is 1. The molecule has 2 heterocycles.